The van der Waals surface area contributed by atoms with Crippen LogP contribution in [0.4, 0.5) is 8.78 Å². The van der Waals surface area contributed by atoms with Gasteiger partial charge in [-0.15, -0.1) is 0 Å². The number of aliphatic hydroxyl groups is 2. The lowest BCUT2D eigenvalue weighted by Gasteiger charge is -2.22. The van der Waals surface area contributed by atoms with Gasteiger partial charge in [-0.25, -0.2) is 8.78 Å². The first-order chi connectivity index (χ1) is 8.35. The second kappa shape index (κ2) is 6.22. The highest BCUT2D eigenvalue weighted by molar-refractivity contribution is 5.20. The predicted octanol–water partition coefficient (Wildman–Crippen LogP) is 1.75. The van der Waals surface area contributed by atoms with Crippen LogP contribution in [-0.4, -0.2) is 28.9 Å². The molecule has 5 heteroatoms. The summed E-state index contributed by atoms with van der Waals surface area (Å²) in [5.41, 5.74) is -0.536. The fourth-order valence-electron chi connectivity index (χ4n) is 1.44. The normalized spacial score (nSPS) is 16.3. The first kappa shape index (κ1) is 15.0. The Morgan fingerprint density at radius 1 is 1.33 bits per heavy atom. The van der Waals surface area contributed by atoms with Crippen molar-refractivity contribution in [1.82, 2.24) is 5.32 Å². The molecule has 0 spiro atoms. The van der Waals surface area contributed by atoms with Gasteiger partial charge in [-0.2, -0.15) is 0 Å². The molecule has 0 amide bonds. The van der Waals surface area contributed by atoms with Crippen LogP contribution in [0.2, 0.25) is 0 Å². The van der Waals surface area contributed by atoms with Crippen molar-refractivity contribution in [2.45, 2.75) is 32.0 Å². The Bertz CT molecular complexity index is 397. The Hall–Kier alpha value is -1.04. The molecule has 18 heavy (non-hydrogen) atoms. The SMILES string of the molecule is CCC(C)(O)CNCC(O)c1ccc(F)c(F)c1. The van der Waals surface area contributed by atoms with Gasteiger partial charge in [0.25, 0.3) is 0 Å². The Morgan fingerprint density at radius 2 is 2.00 bits per heavy atom. The van der Waals surface area contributed by atoms with Crippen LogP contribution in [0.5, 0.6) is 0 Å². The van der Waals surface area contributed by atoms with E-state index < -0.39 is 23.3 Å². The van der Waals surface area contributed by atoms with E-state index >= 15 is 0 Å². The summed E-state index contributed by atoms with van der Waals surface area (Å²) >= 11 is 0. The average Bonchev–Trinajstić information content (AvgIpc) is 2.32. The van der Waals surface area contributed by atoms with Crippen molar-refractivity contribution in [3.05, 3.63) is 35.4 Å². The highest BCUT2D eigenvalue weighted by Crippen LogP contribution is 2.16. The van der Waals surface area contributed by atoms with Crippen molar-refractivity contribution in [2.75, 3.05) is 13.1 Å². The lowest BCUT2D eigenvalue weighted by Crippen LogP contribution is -2.38. The van der Waals surface area contributed by atoms with Crippen molar-refractivity contribution in [1.29, 1.82) is 0 Å². The molecule has 0 bridgehead atoms. The summed E-state index contributed by atoms with van der Waals surface area (Å²) in [6.07, 6.45) is -0.353. The van der Waals surface area contributed by atoms with E-state index in [1.807, 2.05) is 6.92 Å². The number of hydrogen-bond donors (Lipinski definition) is 3. The molecule has 1 aromatic rings. The maximum atomic E-state index is 13.0. The zero-order valence-electron chi connectivity index (χ0n) is 10.6. The monoisotopic (exact) mass is 259 g/mol. The number of nitrogens with one attached hydrogen (secondary N) is 1. The molecule has 0 aliphatic rings. The molecule has 0 radical (unpaired) electrons. The minimum absolute atomic E-state index is 0.168. The van der Waals surface area contributed by atoms with E-state index in [-0.39, 0.29) is 6.54 Å². The third kappa shape index (κ3) is 4.33. The van der Waals surface area contributed by atoms with Crippen molar-refractivity contribution < 1.29 is 19.0 Å². The molecule has 0 aliphatic heterocycles. The number of hydrogen-bond acceptors (Lipinski definition) is 3. The van der Waals surface area contributed by atoms with Crippen LogP contribution in [0.1, 0.15) is 31.9 Å². The van der Waals surface area contributed by atoms with E-state index in [1.54, 1.807) is 6.92 Å². The maximum absolute atomic E-state index is 13.0. The third-order valence-electron chi connectivity index (χ3n) is 2.93. The van der Waals surface area contributed by atoms with Gasteiger partial charge in [0, 0.05) is 13.1 Å². The molecule has 0 fully saturated rings. The summed E-state index contributed by atoms with van der Waals surface area (Å²) in [5, 5.41) is 22.4. The Balaban J connectivity index is 2.50. The molecule has 3 nitrogen and oxygen atoms in total. The van der Waals surface area contributed by atoms with E-state index in [0.29, 0.717) is 18.5 Å². The Morgan fingerprint density at radius 3 is 2.56 bits per heavy atom. The van der Waals surface area contributed by atoms with Crippen LogP contribution in [0.15, 0.2) is 18.2 Å². The van der Waals surface area contributed by atoms with E-state index in [2.05, 4.69) is 5.32 Å². The van der Waals surface area contributed by atoms with Gasteiger partial charge in [-0.3, -0.25) is 0 Å². The molecular formula is C13H19F2NO2. The van der Waals surface area contributed by atoms with Crippen molar-refractivity contribution in [2.24, 2.45) is 0 Å². The minimum atomic E-state index is -0.980. The van der Waals surface area contributed by atoms with Crippen molar-refractivity contribution in [3.63, 3.8) is 0 Å². The van der Waals surface area contributed by atoms with Crippen molar-refractivity contribution in [3.8, 4) is 0 Å². The van der Waals surface area contributed by atoms with Crippen LogP contribution in [-0.2, 0) is 0 Å². The fourth-order valence-corrected chi connectivity index (χ4v) is 1.44. The summed E-state index contributed by atoms with van der Waals surface area (Å²) in [6.45, 7) is 4.03. The summed E-state index contributed by atoms with van der Waals surface area (Å²) < 4.78 is 25.7. The fraction of sp³-hybridized carbons (Fsp3) is 0.538. The van der Waals surface area contributed by atoms with Crippen LogP contribution >= 0.6 is 0 Å². The molecule has 0 aliphatic carbocycles. The number of benzene rings is 1. The van der Waals surface area contributed by atoms with Crippen molar-refractivity contribution >= 4 is 0 Å². The Labute approximate surface area is 105 Å². The van der Waals surface area contributed by atoms with Gasteiger partial charge in [0.2, 0.25) is 0 Å². The van der Waals surface area contributed by atoms with Crippen LogP contribution < -0.4 is 5.32 Å². The molecule has 1 rings (SSSR count). The van der Waals surface area contributed by atoms with Crippen LogP contribution in [0.3, 0.4) is 0 Å². The topological polar surface area (TPSA) is 52.5 Å². The van der Waals surface area contributed by atoms with E-state index in [4.69, 9.17) is 0 Å². The van der Waals surface area contributed by atoms with Gasteiger partial charge >= 0.3 is 0 Å². The standard InChI is InChI=1S/C13H19F2NO2/c1-3-13(2,18)8-16-7-12(17)9-4-5-10(14)11(15)6-9/h4-6,12,16-18H,3,7-8H2,1-2H3. The summed E-state index contributed by atoms with van der Waals surface area (Å²) in [4.78, 5) is 0. The number of rotatable bonds is 6. The average molecular weight is 259 g/mol. The highest BCUT2D eigenvalue weighted by atomic mass is 19.2. The van der Waals surface area contributed by atoms with Gasteiger partial charge in [-0.05, 0) is 31.0 Å². The lowest BCUT2D eigenvalue weighted by molar-refractivity contribution is 0.0515. The van der Waals surface area contributed by atoms with Gasteiger partial charge < -0.3 is 15.5 Å². The van der Waals surface area contributed by atoms with Crippen LogP contribution in [0.25, 0.3) is 0 Å². The zero-order chi connectivity index (χ0) is 13.8. The second-order valence-corrected chi connectivity index (χ2v) is 4.67. The summed E-state index contributed by atoms with van der Waals surface area (Å²) in [7, 11) is 0. The van der Waals surface area contributed by atoms with E-state index in [0.717, 1.165) is 12.1 Å². The van der Waals surface area contributed by atoms with E-state index in [9.17, 15) is 19.0 Å². The van der Waals surface area contributed by atoms with Gasteiger partial charge in [-0.1, -0.05) is 13.0 Å². The zero-order valence-corrected chi connectivity index (χ0v) is 10.6. The lowest BCUT2D eigenvalue weighted by atomic mass is 10.0. The molecule has 0 saturated heterocycles. The molecule has 0 aromatic heterocycles. The minimum Gasteiger partial charge on any atom is -0.389 e. The predicted molar refractivity (Wildman–Crippen MR) is 65.1 cm³/mol. The molecule has 102 valence electrons. The second-order valence-electron chi connectivity index (χ2n) is 4.67. The molecule has 1 aromatic carbocycles. The highest BCUT2D eigenvalue weighted by Gasteiger charge is 2.18. The quantitative estimate of drug-likeness (QED) is 0.729. The molecule has 2 atom stereocenters. The first-order valence-electron chi connectivity index (χ1n) is 5.92. The molecular weight excluding hydrogens is 240 g/mol. The summed E-state index contributed by atoms with van der Waals surface area (Å²) in [6, 6.07) is 3.29. The number of aliphatic hydroxyl groups excluding tert-OH is 1. The molecule has 0 heterocycles. The number of halogens is 2. The maximum Gasteiger partial charge on any atom is 0.159 e. The summed E-state index contributed by atoms with van der Waals surface area (Å²) in [5.74, 6) is -1.92. The first-order valence-corrected chi connectivity index (χ1v) is 5.92. The van der Waals surface area contributed by atoms with Gasteiger partial charge in [0.05, 0.1) is 11.7 Å². The Kier molecular flexibility index (Phi) is 5.19. The van der Waals surface area contributed by atoms with Gasteiger partial charge in [0.15, 0.2) is 11.6 Å². The van der Waals surface area contributed by atoms with E-state index in [1.165, 1.54) is 6.07 Å². The third-order valence-corrected chi connectivity index (χ3v) is 2.93. The smallest absolute Gasteiger partial charge is 0.159 e. The van der Waals surface area contributed by atoms with Crippen LogP contribution in [0, 0.1) is 11.6 Å². The molecule has 0 saturated carbocycles. The largest absolute Gasteiger partial charge is 0.389 e. The molecule has 2 unspecified atom stereocenters. The molecule has 3 N–H and O–H groups in total. The van der Waals surface area contributed by atoms with Gasteiger partial charge in [0.1, 0.15) is 0 Å².